The number of hydrogen-bond acceptors (Lipinski definition) is 6. The Kier molecular flexibility index (Phi) is 5.74. The Morgan fingerprint density at radius 2 is 1.32 bits per heavy atom. The lowest BCUT2D eigenvalue weighted by atomic mass is 10.2. The van der Waals surface area contributed by atoms with Crippen molar-refractivity contribution in [2.24, 2.45) is 0 Å². The average Bonchev–Trinajstić information content (AvgIpc) is 2.69. The quantitative estimate of drug-likeness (QED) is 0.685. The third-order valence-corrected chi connectivity index (χ3v) is 4.20. The van der Waals surface area contributed by atoms with Gasteiger partial charge in [0.25, 0.3) is 5.91 Å². The van der Waals surface area contributed by atoms with Crippen molar-refractivity contribution in [3.05, 3.63) is 66.6 Å². The molecule has 0 bridgehead atoms. The van der Waals surface area contributed by atoms with Gasteiger partial charge in [-0.05, 0) is 48.5 Å². The van der Waals surface area contributed by atoms with Crippen molar-refractivity contribution in [2.45, 2.75) is 0 Å². The van der Waals surface area contributed by atoms with Gasteiger partial charge in [-0.15, -0.1) is 0 Å². The van der Waals surface area contributed by atoms with E-state index in [1.807, 2.05) is 86.5 Å². The molecule has 2 aromatic carbocycles. The summed E-state index contributed by atoms with van der Waals surface area (Å²) in [6.07, 6.45) is 1.38. The molecule has 0 spiro atoms. The van der Waals surface area contributed by atoms with Gasteiger partial charge in [0.1, 0.15) is 17.8 Å². The number of aromatic nitrogens is 2. The third kappa shape index (κ3) is 4.76. The molecule has 1 aromatic heterocycles. The highest BCUT2D eigenvalue weighted by Crippen LogP contribution is 2.20. The van der Waals surface area contributed by atoms with Crippen LogP contribution in [0.2, 0.25) is 0 Å². The highest BCUT2D eigenvalue weighted by atomic mass is 16.1. The van der Waals surface area contributed by atoms with Crippen LogP contribution in [-0.4, -0.2) is 44.1 Å². The standard InChI is InChI=1S/C21H24N6O/c1-26(2)17-9-5-15(6-10-17)24-20-13-19(22-14-23-20)21(28)25-16-7-11-18(12-8-16)27(3)4/h5-14H,1-4H3,(H,25,28)(H,22,23,24). The topological polar surface area (TPSA) is 73.4 Å². The summed E-state index contributed by atoms with van der Waals surface area (Å²) in [7, 11) is 7.92. The van der Waals surface area contributed by atoms with Gasteiger partial charge in [-0.25, -0.2) is 9.97 Å². The van der Waals surface area contributed by atoms with Crippen LogP contribution >= 0.6 is 0 Å². The summed E-state index contributed by atoms with van der Waals surface area (Å²) in [5.74, 6) is 0.270. The summed E-state index contributed by atoms with van der Waals surface area (Å²) in [6.45, 7) is 0. The van der Waals surface area contributed by atoms with Crippen LogP contribution in [0.5, 0.6) is 0 Å². The molecule has 0 saturated carbocycles. The van der Waals surface area contributed by atoms with Gasteiger partial charge in [-0.1, -0.05) is 0 Å². The molecule has 3 aromatic rings. The lowest BCUT2D eigenvalue weighted by molar-refractivity contribution is 0.102. The van der Waals surface area contributed by atoms with E-state index in [4.69, 9.17) is 0 Å². The normalized spacial score (nSPS) is 10.3. The van der Waals surface area contributed by atoms with Gasteiger partial charge < -0.3 is 20.4 Å². The minimum atomic E-state index is -0.286. The van der Waals surface area contributed by atoms with E-state index in [1.165, 1.54) is 6.33 Å². The van der Waals surface area contributed by atoms with Crippen molar-refractivity contribution < 1.29 is 4.79 Å². The SMILES string of the molecule is CN(C)c1ccc(NC(=O)c2cc(Nc3ccc(N(C)C)cc3)ncn2)cc1. The fourth-order valence-corrected chi connectivity index (χ4v) is 2.58. The molecule has 1 heterocycles. The molecular formula is C21H24N6O. The average molecular weight is 376 g/mol. The Labute approximate surface area is 165 Å². The first kappa shape index (κ1) is 19.2. The summed E-state index contributed by atoms with van der Waals surface area (Å²) >= 11 is 0. The van der Waals surface area contributed by atoms with Gasteiger partial charge in [0.15, 0.2) is 0 Å². The predicted octanol–water partition coefficient (Wildman–Crippen LogP) is 3.60. The molecular weight excluding hydrogens is 352 g/mol. The van der Waals surface area contributed by atoms with Crippen molar-refractivity contribution in [1.29, 1.82) is 0 Å². The first-order valence-corrected chi connectivity index (χ1v) is 8.87. The summed E-state index contributed by atoms with van der Waals surface area (Å²) in [5, 5.41) is 6.05. The van der Waals surface area contributed by atoms with Crippen LogP contribution in [0.1, 0.15) is 10.5 Å². The van der Waals surface area contributed by atoms with Gasteiger partial charge in [0, 0.05) is 57.0 Å². The monoisotopic (exact) mass is 376 g/mol. The van der Waals surface area contributed by atoms with Crippen molar-refractivity contribution in [1.82, 2.24) is 9.97 Å². The zero-order valence-corrected chi connectivity index (χ0v) is 16.5. The summed E-state index contributed by atoms with van der Waals surface area (Å²) in [6, 6.07) is 17.2. The highest BCUT2D eigenvalue weighted by Gasteiger charge is 2.10. The molecule has 0 aliphatic heterocycles. The van der Waals surface area contributed by atoms with Crippen LogP contribution in [0.3, 0.4) is 0 Å². The van der Waals surface area contributed by atoms with Crippen molar-refractivity contribution in [3.63, 3.8) is 0 Å². The van der Waals surface area contributed by atoms with Crippen LogP contribution < -0.4 is 20.4 Å². The lowest BCUT2D eigenvalue weighted by Crippen LogP contribution is -2.14. The Morgan fingerprint density at radius 1 is 0.786 bits per heavy atom. The van der Waals surface area contributed by atoms with Gasteiger partial charge in [-0.3, -0.25) is 4.79 Å². The van der Waals surface area contributed by atoms with Gasteiger partial charge >= 0.3 is 0 Å². The summed E-state index contributed by atoms with van der Waals surface area (Å²) < 4.78 is 0. The number of nitrogens with one attached hydrogen (secondary N) is 2. The zero-order chi connectivity index (χ0) is 20.1. The second-order valence-corrected chi connectivity index (χ2v) is 6.75. The van der Waals surface area contributed by atoms with Crippen LogP contribution in [0.4, 0.5) is 28.6 Å². The largest absolute Gasteiger partial charge is 0.378 e. The first-order valence-electron chi connectivity index (χ1n) is 8.87. The fourth-order valence-electron chi connectivity index (χ4n) is 2.58. The second kappa shape index (κ2) is 8.39. The molecule has 0 fully saturated rings. The maximum absolute atomic E-state index is 12.5. The molecule has 0 atom stereocenters. The number of benzene rings is 2. The number of carbonyl (C=O) groups is 1. The number of rotatable bonds is 6. The molecule has 1 amide bonds. The zero-order valence-electron chi connectivity index (χ0n) is 16.5. The van der Waals surface area contributed by atoms with Gasteiger partial charge in [0.2, 0.25) is 0 Å². The molecule has 3 rings (SSSR count). The molecule has 7 heteroatoms. The lowest BCUT2D eigenvalue weighted by Gasteiger charge is -2.13. The molecule has 7 nitrogen and oxygen atoms in total. The van der Waals surface area contributed by atoms with E-state index in [0.717, 1.165) is 17.1 Å². The Bertz CT molecular complexity index is 936. The number of amides is 1. The van der Waals surface area contributed by atoms with Crippen molar-refractivity contribution >= 4 is 34.5 Å². The summed E-state index contributed by atoms with van der Waals surface area (Å²) in [5.41, 5.74) is 4.05. The van der Waals surface area contributed by atoms with E-state index in [1.54, 1.807) is 6.07 Å². The second-order valence-electron chi connectivity index (χ2n) is 6.75. The maximum atomic E-state index is 12.5. The van der Waals surface area contributed by atoms with Crippen LogP contribution in [0.15, 0.2) is 60.9 Å². The summed E-state index contributed by atoms with van der Waals surface area (Å²) in [4.78, 5) is 24.8. The maximum Gasteiger partial charge on any atom is 0.274 e. The predicted molar refractivity (Wildman–Crippen MR) is 115 cm³/mol. The van der Waals surface area contributed by atoms with E-state index in [0.29, 0.717) is 17.2 Å². The highest BCUT2D eigenvalue weighted by molar-refractivity contribution is 6.03. The van der Waals surface area contributed by atoms with E-state index >= 15 is 0 Å². The first-order chi connectivity index (χ1) is 13.4. The van der Waals surface area contributed by atoms with E-state index in [2.05, 4.69) is 20.6 Å². The van der Waals surface area contributed by atoms with Crippen LogP contribution in [-0.2, 0) is 0 Å². The third-order valence-electron chi connectivity index (χ3n) is 4.20. The van der Waals surface area contributed by atoms with E-state index in [-0.39, 0.29) is 5.91 Å². The molecule has 28 heavy (non-hydrogen) atoms. The number of anilines is 5. The minimum absolute atomic E-state index is 0.286. The number of nitrogens with zero attached hydrogens (tertiary/aromatic N) is 4. The van der Waals surface area contributed by atoms with E-state index < -0.39 is 0 Å². The van der Waals surface area contributed by atoms with Crippen LogP contribution in [0, 0.1) is 0 Å². The van der Waals surface area contributed by atoms with Gasteiger partial charge in [-0.2, -0.15) is 0 Å². The Balaban J connectivity index is 1.68. The van der Waals surface area contributed by atoms with Crippen molar-refractivity contribution in [3.8, 4) is 0 Å². The molecule has 2 N–H and O–H groups in total. The fraction of sp³-hybridized carbons (Fsp3) is 0.190. The number of hydrogen-bond donors (Lipinski definition) is 2. The van der Waals surface area contributed by atoms with Gasteiger partial charge in [0.05, 0.1) is 0 Å². The molecule has 0 radical (unpaired) electrons. The Hall–Kier alpha value is -3.61. The molecule has 0 aliphatic rings. The Morgan fingerprint density at radius 3 is 1.86 bits per heavy atom. The molecule has 144 valence electrons. The molecule has 0 saturated heterocycles. The van der Waals surface area contributed by atoms with Crippen LogP contribution in [0.25, 0.3) is 0 Å². The minimum Gasteiger partial charge on any atom is -0.378 e. The molecule has 0 aliphatic carbocycles. The smallest absolute Gasteiger partial charge is 0.274 e. The van der Waals surface area contributed by atoms with E-state index in [9.17, 15) is 4.79 Å². The van der Waals surface area contributed by atoms with Crippen molar-refractivity contribution in [2.75, 3.05) is 48.6 Å². The molecule has 0 unspecified atom stereocenters. The number of carbonyl (C=O) groups excluding carboxylic acids is 1.